The van der Waals surface area contributed by atoms with Crippen molar-refractivity contribution in [2.45, 2.75) is 32.9 Å². The first-order chi connectivity index (χ1) is 9.04. The average Bonchev–Trinajstić information content (AvgIpc) is 2.96. The number of aromatic nitrogens is 3. The molecule has 1 unspecified atom stereocenters. The fourth-order valence-corrected chi connectivity index (χ4v) is 2.93. The number of hydrogen-bond acceptors (Lipinski definition) is 5. The molecule has 0 aromatic carbocycles. The molecule has 0 spiro atoms. The van der Waals surface area contributed by atoms with Gasteiger partial charge in [-0.3, -0.25) is 9.48 Å². The Bertz CT molecular complexity index is 590. The van der Waals surface area contributed by atoms with Crippen molar-refractivity contribution in [2.75, 3.05) is 0 Å². The lowest BCUT2D eigenvalue weighted by molar-refractivity contribution is 0.102. The molecule has 0 aliphatic carbocycles. The van der Waals surface area contributed by atoms with Gasteiger partial charge in [0.05, 0.1) is 16.7 Å². The van der Waals surface area contributed by atoms with E-state index in [-0.39, 0.29) is 11.8 Å². The van der Waals surface area contributed by atoms with Crippen LogP contribution in [0.1, 0.15) is 47.5 Å². The summed E-state index contributed by atoms with van der Waals surface area (Å²) in [5.41, 5.74) is 6.73. The summed E-state index contributed by atoms with van der Waals surface area (Å²) in [5, 5.41) is 6.71. The lowest BCUT2D eigenvalue weighted by Gasteiger charge is -2.04. The minimum Gasteiger partial charge on any atom is -0.322 e. The van der Waals surface area contributed by atoms with Gasteiger partial charge in [-0.15, -0.1) is 11.3 Å². The van der Waals surface area contributed by atoms with E-state index < -0.39 is 0 Å². The van der Waals surface area contributed by atoms with Crippen molar-refractivity contribution in [1.82, 2.24) is 14.8 Å². The Labute approximate surface area is 124 Å². The number of carbonyl (C=O) groups is 1. The van der Waals surface area contributed by atoms with Gasteiger partial charge in [-0.1, -0.05) is 6.92 Å². The van der Waals surface area contributed by atoms with E-state index in [1.54, 1.807) is 16.3 Å². The molecule has 5 nitrogen and oxygen atoms in total. The summed E-state index contributed by atoms with van der Waals surface area (Å²) in [4.78, 5) is 16.8. The smallest absolute Gasteiger partial charge is 0.231 e. The largest absolute Gasteiger partial charge is 0.322 e. The molecule has 102 valence electrons. The van der Waals surface area contributed by atoms with Crippen molar-refractivity contribution in [3.63, 3.8) is 0 Å². The van der Waals surface area contributed by atoms with Gasteiger partial charge in [-0.2, -0.15) is 5.10 Å². The molecule has 7 heteroatoms. The zero-order chi connectivity index (χ0) is 14.0. The lowest BCUT2D eigenvalue weighted by atomic mass is 10.2. The van der Waals surface area contributed by atoms with Gasteiger partial charge in [-0.25, -0.2) is 4.98 Å². The Hall–Kier alpha value is -1.05. The average molecular weight is 343 g/mol. The molecule has 1 atom stereocenters. The van der Waals surface area contributed by atoms with Crippen molar-refractivity contribution >= 4 is 33.0 Å². The van der Waals surface area contributed by atoms with Crippen LogP contribution in [0.5, 0.6) is 0 Å². The van der Waals surface area contributed by atoms with Gasteiger partial charge in [0.2, 0.25) is 5.78 Å². The predicted molar refractivity (Wildman–Crippen MR) is 78.4 cm³/mol. The fraction of sp³-hybridized carbons (Fsp3) is 0.417. The zero-order valence-electron chi connectivity index (χ0n) is 10.8. The summed E-state index contributed by atoms with van der Waals surface area (Å²) < 4.78 is 2.40. The summed E-state index contributed by atoms with van der Waals surface area (Å²) in [7, 11) is 0. The molecule has 2 N–H and O–H groups in total. The van der Waals surface area contributed by atoms with Crippen LogP contribution in [0.25, 0.3) is 0 Å². The Balaban J connectivity index is 2.35. The lowest BCUT2D eigenvalue weighted by Crippen LogP contribution is -2.13. The van der Waals surface area contributed by atoms with Crippen LogP contribution in [0.3, 0.4) is 0 Å². The zero-order valence-corrected chi connectivity index (χ0v) is 13.2. The number of carbonyl (C=O) groups excluding carboxylic acids is 1. The normalized spacial score (nSPS) is 12.6. The van der Waals surface area contributed by atoms with Crippen LogP contribution in [-0.2, 0) is 6.54 Å². The number of thiazole rings is 1. The fourth-order valence-electron chi connectivity index (χ4n) is 1.69. The van der Waals surface area contributed by atoms with E-state index in [2.05, 4.69) is 26.0 Å². The molecule has 0 saturated heterocycles. The maximum atomic E-state index is 12.5. The maximum absolute atomic E-state index is 12.5. The summed E-state index contributed by atoms with van der Waals surface area (Å²) in [6.45, 7) is 4.60. The quantitative estimate of drug-likeness (QED) is 0.847. The van der Waals surface area contributed by atoms with Gasteiger partial charge >= 0.3 is 0 Å². The standard InChI is InChI=1S/C12H15BrN4OS/c1-3-4-17-10(8(13)5-15-17)11(18)9-6-19-12(16-9)7(2)14/h5-7H,3-4,14H2,1-2H3. The Morgan fingerprint density at radius 3 is 2.95 bits per heavy atom. The number of nitrogens with zero attached hydrogens (tertiary/aromatic N) is 3. The highest BCUT2D eigenvalue weighted by Gasteiger charge is 2.21. The second-order valence-electron chi connectivity index (χ2n) is 4.25. The first-order valence-electron chi connectivity index (χ1n) is 6.01. The summed E-state index contributed by atoms with van der Waals surface area (Å²) in [6.07, 6.45) is 2.55. The molecular weight excluding hydrogens is 328 g/mol. The number of nitrogens with two attached hydrogens (primary N) is 1. The van der Waals surface area contributed by atoms with Crippen molar-refractivity contribution in [1.29, 1.82) is 0 Å². The number of halogens is 1. The number of aryl methyl sites for hydroxylation is 1. The van der Waals surface area contributed by atoms with E-state index in [1.165, 1.54) is 11.3 Å². The molecule has 2 aromatic heterocycles. The van der Waals surface area contributed by atoms with Gasteiger partial charge in [0, 0.05) is 11.9 Å². The number of rotatable bonds is 5. The van der Waals surface area contributed by atoms with Crippen molar-refractivity contribution < 1.29 is 4.79 Å². The van der Waals surface area contributed by atoms with E-state index in [9.17, 15) is 4.79 Å². The van der Waals surface area contributed by atoms with E-state index in [1.807, 2.05) is 13.8 Å². The molecule has 2 heterocycles. The minimum atomic E-state index is -0.157. The van der Waals surface area contributed by atoms with E-state index in [0.29, 0.717) is 22.4 Å². The van der Waals surface area contributed by atoms with E-state index in [4.69, 9.17) is 5.73 Å². The second-order valence-corrected chi connectivity index (χ2v) is 6.00. The predicted octanol–water partition coefficient (Wildman–Crippen LogP) is 2.76. The van der Waals surface area contributed by atoms with Gasteiger partial charge in [0.15, 0.2) is 0 Å². The molecule has 2 rings (SSSR count). The highest BCUT2D eigenvalue weighted by molar-refractivity contribution is 9.10. The molecule has 0 aliphatic rings. The third kappa shape index (κ3) is 2.93. The molecule has 0 radical (unpaired) electrons. The molecule has 0 aliphatic heterocycles. The highest BCUT2D eigenvalue weighted by Crippen LogP contribution is 2.22. The first kappa shape index (κ1) is 14.4. The molecule has 19 heavy (non-hydrogen) atoms. The Morgan fingerprint density at radius 1 is 1.63 bits per heavy atom. The van der Waals surface area contributed by atoms with Gasteiger partial charge < -0.3 is 5.73 Å². The molecule has 0 saturated carbocycles. The first-order valence-corrected chi connectivity index (χ1v) is 7.68. The van der Waals surface area contributed by atoms with Crippen molar-refractivity contribution in [2.24, 2.45) is 5.73 Å². The van der Waals surface area contributed by atoms with Crippen LogP contribution in [0.4, 0.5) is 0 Å². The van der Waals surface area contributed by atoms with E-state index >= 15 is 0 Å². The second kappa shape index (κ2) is 5.94. The molecule has 0 bridgehead atoms. The van der Waals surface area contributed by atoms with Crippen molar-refractivity contribution in [3.8, 4) is 0 Å². The summed E-state index contributed by atoms with van der Waals surface area (Å²) in [6, 6.07) is -0.157. The van der Waals surface area contributed by atoms with Crippen LogP contribution in [0.2, 0.25) is 0 Å². The summed E-state index contributed by atoms with van der Waals surface area (Å²) in [5.74, 6) is -0.124. The summed E-state index contributed by atoms with van der Waals surface area (Å²) >= 11 is 4.77. The van der Waals surface area contributed by atoms with Gasteiger partial charge in [-0.05, 0) is 29.3 Å². The van der Waals surface area contributed by atoms with Crippen LogP contribution < -0.4 is 5.73 Å². The van der Waals surface area contributed by atoms with Gasteiger partial charge in [0.1, 0.15) is 16.4 Å². The van der Waals surface area contributed by atoms with Crippen LogP contribution >= 0.6 is 27.3 Å². The number of ketones is 1. The number of hydrogen-bond donors (Lipinski definition) is 1. The third-order valence-electron chi connectivity index (χ3n) is 2.59. The molecule has 0 fully saturated rings. The highest BCUT2D eigenvalue weighted by atomic mass is 79.9. The topological polar surface area (TPSA) is 73.8 Å². The van der Waals surface area contributed by atoms with Gasteiger partial charge in [0.25, 0.3) is 0 Å². The molecular formula is C12H15BrN4OS. The van der Waals surface area contributed by atoms with Crippen LogP contribution in [0, 0.1) is 0 Å². The van der Waals surface area contributed by atoms with Crippen molar-refractivity contribution in [3.05, 3.63) is 32.4 Å². The Morgan fingerprint density at radius 2 is 2.37 bits per heavy atom. The molecule has 2 aromatic rings. The van der Waals surface area contributed by atoms with E-state index in [0.717, 1.165) is 11.4 Å². The minimum absolute atomic E-state index is 0.124. The Kier molecular flexibility index (Phi) is 4.49. The molecule has 0 amide bonds. The SMILES string of the molecule is CCCn1ncc(Br)c1C(=O)c1csc(C(C)N)n1. The maximum Gasteiger partial charge on any atom is 0.231 e. The monoisotopic (exact) mass is 342 g/mol. The van der Waals surface area contributed by atoms with Crippen LogP contribution in [-0.4, -0.2) is 20.5 Å². The van der Waals surface area contributed by atoms with Crippen LogP contribution in [0.15, 0.2) is 16.0 Å². The third-order valence-corrected chi connectivity index (χ3v) is 4.22.